The summed E-state index contributed by atoms with van der Waals surface area (Å²) >= 11 is 0. The molecular weight excluding hydrogens is 320 g/mol. The molecule has 1 amide bonds. The number of rotatable bonds is 2. The van der Waals surface area contributed by atoms with Gasteiger partial charge in [0.25, 0.3) is 5.91 Å². The van der Waals surface area contributed by atoms with Gasteiger partial charge < -0.3 is 14.6 Å². The van der Waals surface area contributed by atoms with Crippen LogP contribution in [0.25, 0.3) is 0 Å². The fourth-order valence-corrected chi connectivity index (χ4v) is 3.02. The Balaban J connectivity index is 1.91. The maximum Gasteiger partial charge on any atom is 0.328 e. The van der Waals surface area contributed by atoms with E-state index in [1.807, 2.05) is 12.1 Å². The number of carbonyl (C=O) groups is 2. The second kappa shape index (κ2) is 5.98. The summed E-state index contributed by atoms with van der Waals surface area (Å²) in [5, 5.41) is 17.6. The van der Waals surface area contributed by atoms with Crippen molar-refractivity contribution < 1.29 is 14.7 Å². The van der Waals surface area contributed by atoms with Gasteiger partial charge in [0.1, 0.15) is 11.9 Å². The van der Waals surface area contributed by atoms with Crippen LogP contribution in [0.2, 0.25) is 0 Å². The Kier molecular flexibility index (Phi) is 4.10. The summed E-state index contributed by atoms with van der Waals surface area (Å²) in [6.45, 7) is 8.38. The average molecular weight is 342 g/mol. The number of hydrogen-bond acceptors (Lipinski definition) is 4. The molecule has 2 aromatic rings. The van der Waals surface area contributed by atoms with Gasteiger partial charge in [-0.15, -0.1) is 10.2 Å². The van der Waals surface area contributed by atoms with E-state index in [0.29, 0.717) is 17.2 Å². The molecule has 1 unspecified atom stereocenters. The number of fused-ring (bicyclic) bond motifs is 1. The molecule has 2 heterocycles. The van der Waals surface area contributed by atoms with Crippen LogP contribution in [0.3, 0.4) is 0 Å². The standard InChI is InChI=1S/C18H22N4O3/c1-11-19-20-15-10-22(14(17(24)25)9-21(11)15)16(23)12-5-7-13(8-6-12)18(2,3)4/h5-8,14H,9-10H2,1-4H3,(H,24,25). The highest BCUT2D eigenvalue weighted by Gasteiger charge is 2.36. The number of carboxylic acids is 1. The molecule has 1 aliphatic heterocycles. The lowest BCUT2D eigenvalue weighted by Gasteiger charge is -2.33. The summed E-state index contributed by atoms with van der Waals surface area (Å²) in [7, 11) is 0. The van der Waals surface area contributed by atoms with Crippen LogP contribution < -0.4 is 0 Å². The zero-order valence-electron chi connectivity index (χ0n) is 14.9. The molecule has 0 saturated carbocycles. The van der Waals surface area contributed by atoms with Gasteiger partial charge in [-0.05, 0) is 30.0 Å². The number of benzene rings is 1. The SMILES string of the molecule is Cc1nnc2n1CC(C(=O)O)N(C(=O)c1ccc(C(C)(C)C)cc1)C2. The fraction of sp³-hybridized carbons (Fsp3) is 0.444. The quantitative estimate of drug-likeness (QED) is 0.902. The lowest BCUT2D eigenvalue weighted by molar-refractivity contribution is -0.143. The molecule has 7 heteroatoms. The number of aromatic nitrogens is 3. The third-order valence-electron chi connectivity index (χ3n) is 4.60. The first-order valence-electron chi connectivity index (χ1n) is 8.21. The molecule has 0 saturated heterocycles. The van der Waals surface area contributed by atoms with E-state index in [9.17, 15) is 14.7 Å². The summed E-state index contributed by atoms with van der Waals surface area (Å²) in [5.74, 6) is -0.0734. The van der Waals surface area contributed by atoms with Crippen molar-refractivity contribution in [2.24, 2.45) is 0 Å². The van der Waals surface area contributed by atoms with E-state index in [1.165, 1.54) is 4.90 Å². The Morgan fingerprint density at radius 1 is 1.16 bits per heavy atom. The molecule has 1 atom stereocenters. The van der Waals surface area contributed by atoms with Gasteiger partial charge in [-0.25, -0.2) is 4.79 Å². The van der Waals surface area contributed by atoms with Crippen LogP contribution in [-0.2, 0) is 23.3 Å². The summed E-state index contributed by atoms with van der Waals surface area (Å²) < 4.78 is 1.76. The summed E-state index contributed by atoms with van der Waals surface area (Å²) in [6, 6.07) is 6.41. The number of nitrogens with zero attached hydrogens (tertiary/aromatic N) is 4. The zero-order valence-corrected chi connectivity index (χ0v) is 14.9. The van der Waals surface area contributed by atoms with Gasteiger partial charge in [0, 0.05) is 5.56 Å². The number of carbonyl (C=O) groups excluding carboxylic acids is 1. The van der Waals surface area contributed by atoms with E-state index in [0.717, 1.165) is 5.56 Å². The van der Waals surface area contributed by atoms with Gasteiger partial charge in [-0.2, -0.15) is 0 Å². The van der Waals surface area contributed by atoms with E-state index in [2.05, 4.69) is 31.0 Å². The molecule has 1 aromatic carbocycles. The smallest absolute Gasteiger partial charge is 0.328 e. The molecule has 25 heavy (non-hydrogen) atoms. The summed E-state index contributed by atoms with van der Waals surface area (Å²) in [6.07, 6.45) is 0. The highest BCUT2D eigenvalue weighted by molar-refractivity contribution is 5.96. The van der Waals surface area contributed by atoms with Gasteiger partial charge in [-0.3, -0.25) is 4.79 Å². The number of aliphatic carboxylic acids is 1. The fourth-order valence-electron chi connectivity index (χ4n) is 3.02. The summed E-state index contributed by atoms with van der Waals surface area (Å²) in [4.78, 5) is 25.9. The van der Waals surface area contributed by atoms with E-state index >= 15 is 0 Å². The van der Waals surface area contributed by atoms with Crippen LogP contribution in [0, 0.1) is 6.92 Å². The third kappa shape index (κ3) is 3.14. The van der Waals surface area contributed by atoms with Crippen molar-refractivity contribution in [2.45, 2.75) is 52.2 Å². The highest BCUT2D eigenvalue weighted by Crippen LogP contribution is 2.24. The Bertz CT molecular complexity index is 818. The van der Waals surface area contributed by atoms with E-state index < -0.39 is 12.0 Å². The molecule has 3 rings (SSSR count). The second-order valence-electron chi connectivity index (χ2n) is 7.39. The van der Waals surface area contributed by atoms with Crippen LogP contribution in [0.4, 0.5) is 0 Å². The van der Waals surface area contributed by atoms with Crippen LogP contribution in [-0.4, -0.2) is 42.7 Å². The molecule has 1 aromatic heterocycles. The topological polar surface area (TPSA) is 88.3 Å². The van der Waals surface area contributed by atoms with Gasteiger partial charge in [0.2, 0.25) is 0 Å². The number of carboxylic acid groups (broad SMARTS) is 1. The zero-order chi connectivity index (χ0) is 18.4. The Labute approximate surface area is 146 Å². The maximum atomic E-state index is 12.9. The van der Waals surface area contributed by atoms with Crippen molar-refractivity contribution in [3.05, 3.63) is 47.0 Å². The van der Waals surface area contributed by atoms with Gasteiger partial charge >= 0.3 is 5.97 Å². The minimum atomic E-state index is -1.03. The summed E-state index contributed by atoms with van der Waals surface area (Å²) in [5.41, 5.74) is 1.58. The highest BCUT2D eigenvalue weighted by atomic mass is 16.4. The largest absolute Gasteiger partial charge is 0.480 e. The molecule has 1 N–H and O–H groups in total. The first kappa shape index (κ1) is 17.1. The molecular formula is C18H22N4O3. The Morgan fingerprint density at radius 2 is 1.80 bits per heavy atom. The van der Waals surface area contributed by atoms with Crippen molar-refractivity contribution in [1.82, 2.24) is 19.7 Å². The predicted octanol–water partition coefficient (Wildman–Crippen LogP) is 1.99. The first-order valence-corrected chi connectivity index (χ1v) is 8.21. The van der Waals surface area contributed by atoms with E-state index in [-0.39, 0.29) is 24.4 Å². The third-order valence-corrected chi connectivity index (χ3v) is 4.60. The molecule has 0 fully saturated rings. The minimum Gasteiger partial charge on any atom is -0.480 e. The number of hydrogen-bond donors (Lipinski definition) is 1. The second-order valence-corrected chi connectivity index (χ2v) is 7.39. The number of amides is 1. The molecule has 7 nitrogen and oxygen atoms in total. The van der Waals surface area contributed by atoms with Gasteiger partial charge in [-0.1, -0.05) is 32.9 Å². The van der Waals surface area contributed by atoms with Crippen molar-refractivity contribution in [3.8, 4) is 0 Å². The molecule has 0 spiro atoms. The predicted molar refractivity (Wildman–Crippen MR) is 91.2 cm³/mol. The lowest BCUT2D eigenvalue weighted by atomic mass is 9.86. The van der Waals surface area contributed by atoms with Gasteiger partial charge in [0.15, 0.2) is 5.82 Å². The molecule has 0 aliphatic carbocycles. The Morgan fingerprint density at radius 3 is 2.36 bits per heavy atom. The van der Waals surface area contributed by atoms with Crippen LogP contribution in [0.1, 0.15) is 48.3 Å². The molecule has 0 bridgehead atoms. The van der Waals surface area contributed by atoms with E-state index in [4.69, 9.17) is 0 Å². The Hall–Kier alpha value is -2.70. The first-order chi connectivity index (χ1) is 11.7. The van der Waals surface area contributed by atoms with Gasteiger partial charge in [0.05, 0.1) is 13.1 Å². The average Bonchev–Trinajstić information content (AvgIpc) is 2.93. The van der Waals surface area contributed by atoms with Crippen molar-refractivity contribution in [2.75, 3.05) is 0 Å². The van der Waals surface area contributed by atoms with Crippen molar-refractivity contribution in [1.29, 1.82) is 0 Å². The van der Waals surface area contributed by atoms with Crippen LogP contribution >= 0.6 is 0 Å². The monoisotopic (exact) mass is 342 g/mol. The molecule has 132 valence electrons. The normalized spacial score (nSPS) is 17.3. The number of aryl methyl sites for hydroxylation is 1. The molecule has 1 aliphatic rings. The van der Waals surface area contributed by atoms with Crippen molar-refractivity contribution >= 4 is 11.9 Å². The minimum absolute atomic E-state index is 0.00967. The van der Waals surface area contributed by atoms with Crippen LogP contribution in [0.5, 0.6) is 0 Å². The lowest BCUT2D eigenvalue weighted by Crippen LogP contribution is -2.50. The van der Waals surface area contributed by atoms with Crippen LogP contribution in [0.15, 0.2) is 24.3 Å². The van der Waals surface area contributed by atoms with Crippen molar-refractivity contribution in [3.63, 3.8) is 0 Å². The maximum absolute atomic E-state index is 12.9. The molecule has 0 radical (unpaired) electrons. The van der Waals surface area contributed by atoms with E-state index in [1.54, 1.807) is 23.6 Å².